The average Bonchev–Trinajstić information content (AvgIpc) is 3.38. The smallest absolute Gasteiger partial charge is 0.253 e. The van der Waals surface area contributed by atoms with E-state index in [9.17, 15) is 14.7 Å². The molecule has 0 saturated heterocycles. The molecule has 2 rings (SSSR count). The topological polar surface area (TPSA) is 69.6 Å². The molecular weight excluding hydrogens is 280 g/mol. The molecule has 1 saturated carbocycles. The lowest BCUT2D eigenvalue weighted by atomic mass is 9.96. The maximum atomic E-state index is 12.4. The number of aliphatic hydroxyl groups is 1. The first kappa shape index (κ1) is 16.5. The van der Waals surface area contributed by atoms with E-state index < -0.39 is 5.54 Å². The van der Waals surface area contributed by atoms with Gasteiger partial charge in [0, 0.05) is 24.7 Å². The van der Waals surface area contributed by atoms with Crippen LogP contribution in [0.5, 0.6) is 0 Å². The van der Waals surface area contributed by atoms with Gasteiger partial charge in [0.05, 0.1) is 12.1 Å². The van der Waals surface area contributed by atoms with Gasteiger partial charge in [-0.05, 0) is 50.8 Å². The zero-order valence-electron chi connectivity index (χ0n) is 13.4. The van der Waals surface area contributed by atoms with Crippen molar-refractivity contribution in [2.24, 2.45) is 5.92 Å². The predicted octanol–water partition coefficient (Wildman–Crippen LogP) is 1.67. The summed E-state index contributed by atoms with van der Waals surface area (Å²) in [6.45, 7) is 4.29. The Bertz CT molecular complexity index is 569. The van der Waals surface area contributed by atoms with Crippen molar-refractivity contribution in [1.82, 2.24) is 10.2 Å². The van der Waals surface area contributed by atoms with E-state index in [2.05, 4.69) is 5.32 Å². The second-order valence-corrected chi connectivity index (χ2v) is 6.20. The Hall–Kier alpha value is -1.88. The van der Waals surface area contributed by atoms with Crippen LogP contribution in [0.3, 0.4) is 0 Å². The highest BCUT2D eigenvalue weighted by Gasteiger charge is 2.42. The van der Waals surface area contributed by atoms with Crippen molar-refractivity contribution in [2.45, 2.75) is 32.2 Å². The summed E-state index contributed by atoms with van der Waals surface area (Å²) in [6.07, 6.45) is 2.05. The predicted molar refractivity (Wildman–Crippen MR) is 84.8 cm³/mol. The van der Waals surface area contributed by atoms with Gasteiger partial charge in [-0.3, -0.25) is 9.59 Å². The highest BCUT2D eigenvalue weighted by molar-refractivity contribution is 5.99. The number of nitrogens with one attached hydrogen (secondary N) is 1. The van der Waals surface area contributed by atoms with Crippen LogP contribution in [-0.2, 0) is 0 Å². The van der Waals surface area contributed by atoms with Gasteiger partial charge in [-0.2, -0.15) is 0 Å². The largest absolute Gasteiger partial charge is 0.394 e. The van der Waals surface area contributed by atoms with Crippen LogP contribution < -0.4 is 5.32 Å². The summed E-state index contributed by atoms with van der Waals surface area (Å²) in [5.74, 6) is -0.0287. The van der Waals surface area contributed by atoms with Crippen molar-refractivity contribution in [1.29, 1.82) is 0 Å². The first-order valence-corrected chi connectivity index (χ1v) is 7.70. The molecule has 1 atom stereocenters. The Kier molecular flexibility index (Phi) is 4.86. The van der Waals surface area contributed by atoms with E-state index in [4.69, 9.17) is 0 Å². The van der Waals surface area contributed by atoms with Crippen molar-refractivity contribution in [2.75, 3.05) is 20.2 Å². The lowest BCUT2D eigenvalue weighted by Gasteiger charge is -2.28. The summed E-state index contributed by atoms with van der Waals surface area (Å²) in [4.78, 5) is 26.2. The number of carbonyl (C=O) groups is 2. The van der Waals surface area contributed by atoms with Crippen LogP contribution in [0.2, 0.25) is 0 Å². The van der Waals surface area contributed by atoms with Crippen molar-refractivity contribution in [3.63, 3.8) is 0 Å². The van der Waals surface area contributed by atoms with E-state index in [-0.39, 0.29) is 18.4 Å². The summed E-state index contributed by atoms with van der Waals surface area (Å²) in [5.41, 5.74) is 0.349. The molecule has 5 heteroatoms. The van der Waals surface area contributed by atoms with Gasteiger partial charge in [-0.1, -0.05) is 6.07 Å². The monoisotopic (exact) mass is 304 g/mol. The highest BCUT2D eigenvalue weighted by Crippen LogP contribution is 2.39. The first-order chi connectivity index (χ1) is 10.4. The molecule has 1 unspecified atom stereocenters. The number of aliphatic hydroxyl groups excluding tert-OH is 1. The van der Waals surface area contributed by atoms with Crippen molar-refractivity contribution >= 4 is 11.8 Å². The van der Waals surface area contributed by atoms with Crippen LogP contribution in [0.1, 0.15) is 47.4 Å². The summed E-state index contributed by atoms with van der Waals surface area (Å²) in [6, 6.07) is 6.70. The molecule has 2 N–H and O–H groups in total. The third-order valence-corrected chi connectivity index (χ3v) is 4.40. The fourth-order valence-corrected chi connectivity index (χ4v) is 2.48. The van der Waals surface area contributed by atoms with E-state index >= 15 is 0 Å². The van der Waals surface area contributed by atoms with Gasteiger partial charge in [-0.15, -0.1) is 0 Å². The Morgan fingerprint density at radius 3 is 2.55 bits per heavy atom. The second kappa shape index (κ2) is 6.48. The normalized spacial score (nSPS) is 16.7. The van der Waals surface area contributed by atoms with Crippen LogP contribution >= 0.6 is 0 Å². The Labute approximate surface area is 131 Å². The van der Waals surface area contributed by atoms with Crippen LogP contribution in [0.4, 0.5) is 0 Å². The van der Waals surface area contributed by atoms with Gasteiger partial charge in [0.2, 0.25) is 0 Å². The maximum absolute atomic E-state index is 12.4. The van der Waals surface area contributed by atoms with Gasteiger partial charge in [0.25, 0.3) is 11.8 Å². The maximum Gasteiger partial charge on any atom is 0.253 e. The van der Waals surface area contributed by atoms with E-state index in [1.807, 2.05) is 13.8 Å². The fraction of sp³-hybridized carbons (Fsp3) is 0.529. The van der Waals surface area contributed by atoms with Crippen molar-refractivity contribution in [3.8, 4) is 0 Å². The second-order valence-electron chi connectivity index (χ2n) is 6.20. The summed E-state index contributed by atoms with van der Waals surface area (Å²) in [5, 5.41) is 12.5. The van der Waals surface area contributed by atoms with Gasteiger partial charge < -0.3 is 15.3 Å². The molecule has 1 fully saturated rings. The standard InChI is InChI=1S/C17H24N2O3/c1-4-19(3)16(22)13-7-5-6-12(10-13)15(21)18-17(2,11-20)14-8-9-14/h5-7,10,14,20H,4,8-9,11H2,1-3H3,(H,18,21). The molecule has 2 amide bonds. The molecule has 1 aliphatic carbocycles. The summed E-state index contributed by atoms with van der Waals surface area (Å²) < 4.78 is 0. The number of carbonyl (C=O) groups excluding carboxylic acids is 2. The molecule has 1 aromatic rings. The number of rotatable bonds is 6. The molecule has 0 aliphatic heterocycles. The van der Waals surface area contributed by atoms with Crippen molar-refractivity contribution in [3.05, 3.63) is 35.4 Å². The molecule has 0 bridgehead atoms. The molecule has 120 valence electrons. The number of benzene rings is 1. The van der Waals surface area contributed by atoms with Crippen LogP contribution in [0, 0.1) is 5.92 Å². The number of hydrogen-bond donors (Lipinski definition) is 2. The summed E-state index contributed by atoms with van der Waals surface area (Å²) >= 11 is 0. The van der Waals surface area contributed by atoms with E-state index in [1.54, 1.807) is 36.2 Å². The molecule has 1 aliphatic rings. The average molecular weight is 304 g/mol. The summed E-state index contributed by atoms with van der Waals surface area (Å²) in [7, 11) is 1.73. The molecule has 22 heavy (non-hydrogen) atoms. The third-order valence-electron chi connectivity index (χ3n) is 4.40. The number of nitrogens with zero attached hydrogens (tertiary/aromatic N) is 1. The van der Waals surface area contributed by atoms with E-state index in [0.29, 0.717) is 23.6 Å². The van der Waals surface area contributed by atoms with E-state index in [0.717, 1.165) is 12.8 Å². The zero-order valence-corrected chi connectivity index (χ0v) is 13.4. The fourth-order valence-electron chi connectivity index (χ4n) is 2.48. The third kappa shape index (κ3) is 3.47. The molecule has 0 heterocycles. The Balaban J connectivity index is 2.15. The Morgan fingerprint density at radius 1 is 1.36 bits per heavy atom. The minimum Gasteiger partial charge on any atom is -0.394 e. The number of hydrogen-bond acceptors (Lipinski definition) is 3. The van der Waals surface area contributed by atoms with Crippen LogP contribution in [0.15, 0.2) is 24.3 Å². The SMILES string of the molecule is CCN(C)C(=O)c1cccc(C(=O)NC(C)(CO)C2CC2)c1. The highest BCUT2D eigenvalue weighted by atomic mass is 16.3. The number of amides is 2. The Morgan fingerprint density at radius 2 is 2.00 bits per heavy atom. The molecule has 1 aromatic carbocycles. The van der Waals surface area contributed by atoms with Gasteiger partial charge >= 0.3 is 0 Å². The molecule has 0 radical (unpaired) electrons. The quantitative estimate of drug-likeness (QED) is 0.840. The molecule has 5 nitrogen and oxygen atoms in total. The zero-order chi connectivity index (χ0) is 16.3. The van der Waals surface area contributed by atoms with Crippen LogP contribution in [0.25, 0.3) is 0 Å². The van der Waals surface area contributed by atoms with Gasteiger partial charge in [0.1, 0.15) is 0 Å². The van der Waals surface area contributed by atoms with Crippen LogP contribution in [-0.4, -0.2) is 47.6 Å². The molecule has 0 aromatic heterocycles. The minimum absolute atomic E-state index is 0.0827. The van der Waals surface area contributed by atoms with E-state index in [1.165, 1.54) is 0 Å². The lowest BCUT2D eigenvalue weighted by molar-refractivity contribution is 0.0802. The van der Waals surface area contributed by atoms with Crippen molar-refractivity contribution < 1.29 is 14.7 Å². The molecular formula is C17H24N2O3. The van der Waals surface area contributed by atoms with Gasteiger partial charge in [0.15, 0.2) is 0 Å². The minimum atomic E-state index is -0.586. The lowest BCUT2D eigenvalue weighted by Crippen LogP contribution is -2.50. The first-order valence-electron chi connectivity index (χ1n) is 7.70. The van der Waals surface area contributed by atoms with Gasteiger partial charge in [-0.25, -0.2) is 0 Å². The molecule has 0 spiro atoms.